The van der Waals surface area contributed by atoms with Gasteiger partial charge in [0.25, 0.3) is 0 Å². The van der Waals surface area contributed by atoms with Gasteiger partial charge in [-0.2, -0.15) is 0 Å². The number of amides is 2. The van der Waals surface area contributed by atoms with Gasteiger partial charge in [0.2, 0.25) is 11.8 Å². The van der Waals surface area contributed by atoms with Crippen molar-refractivity contribution in [1.82, 2.24) is 10.2 Å². The van der Waals surface area contributed by atoms with E-state index in [1.54, 1.807) is 4.90 Å². The summed E-state index contributed by atoms with van der Waals surface area (Å²) in [6.45, 7) is 8.52. The lowest BCUT2D eigenvalue weighted by molar-refractivity contribution is -0.140. The van der Waals surface area contributed by atoms with E-state index in [1.165, 1.54) is 11.1 Å². The molecule has 1 fully saturated rings. The predicted molar refractivity (Wildman–Crippen MR) is 121 cm³/mol. The first-order valence-corrected chi connectivity index (χ1v) is 10.8. The van der Waals surface area contributed by atoms with E-state index in [0.29, 0.717) is 13.0 Å². The highest BCUT2D eigenvalue weighted by Gasteiger charge is 2.37. The zero-order chi connectivity index (χ0) is 21.8. The van der Waals surface area contributed by atoms with Crippen LogP contribution in [0.5, 0.6) is 0 Å². The normalized spacial score (nSPS) is 18.3. The lowest BCUT2D eigenvalue weighted by Crippen LogP contribution is -2.52. The van der Waals surface area contributed by atoms with Crippen LogP contribution in [0.1, 0.15) is 50.8 Å². The molecule has 160 valence electrons. The highest BCUT2D eigenvalue weighted by molar-refractivity contribution is 5.90. The van der Waals surface area contributed by atoms with E-state index >= 15 is 0 Å². The molecule has 0 spiro atoms. The van der Waals surface area contributed by atoms with Gasteiger partial charge in [0.1, 0.15) is 6.04 Å². The molecule has 3 unspecified atom stereocenters. The van der Waals surface area contributed by atoms with Crippen LogP contribution in [0.15, 0.2) is 48.5 Å². The van der Waals surface area contributed by atoms with E-state index in [-0.39, 0.29) is 23.8 Å². The van der Waals surface area contributed by atoms with Crippen molar-refractivity contribution >= 4 is 11.8 Å². The zero-order valence-corrected chi connectivity index (χ0v) is 18.4. The minimum Gasteiger partial charge on any atom is -0.348 e. The molecule has 0 saturated carbocycles. The number of nitrogens with zero attached hydrogens (tertiary/aromatic N) is 1. The van der Waals surface area contributed by atoms with Crippen molar-refractivity contribution in [2.24, 2.45) is 11.7 Å². The van der Waals surface area contributed by atoms with Crippen LogP contribution in [-0.4, -0.2) is 35.3 Å². The maximum absolute atomic E-state index is 12.9. The topological polar surface area (TPSA) is 75.4 Å². The molecule has 3 atom stereocenters. The Kier molecular flexibility index (Phi) is 6.93. The number of nitrogens with one attached hydrogen (secondary N) is 1. The van der Waals surface area contributed by atoms with Gasteiger partial charge >= 0.3 is 0 Å². The van der Waals surface area contributed by atoms with E-state index < -0.39 is 12.1 Å². The van der Waals surface area contributed by atoms with Crippen molar-refractivity contribution in [2.75, 3.05) is 6.54 Å². The van der Waals surface area contributed by atoms with Gasteiger partial charge in [-0.3, -0.25) is 9.59 Å². The molecule has 0 bridgehead atoms. The van der Waals surface area contributed by atoms with Crippen LogP contribution < -0.4 is 11.1 Å². The van der Waals surface area contributed by atoms with Crippen LogP contribution in [0, 0.1) is 12.8 Å². The molecular formula is C25H33N3O2. The van der Waals surface area contributed by atoms with Gasteiger partial charge in [-0.1, -0.05) is 62.4 Å². The van der Waals surface area contributed by atoms with E-state index in [9.17, 15) is 9.59 Å². The molecule has 2 aromatic carbocycles. The standard InChI is InChI=1S/C25H33N3O2/c1-16(2)23(26)25(30)28-15-7-10-22(28)24(29)27-18(4)19-11-13-20(14-12-19)21-9-6-5-8-17(21)3/h5-6,8-9,11-14,16,18,22-23H,7,10,15,26H2,1-4H3,(H,27,29). The number of rotatable bonds is 6. The van der Waals surface area contributed by atoms with Crippen LogP contribution in [-0.2, 0) is 9.59 Å². The van der Waals surface area contributed by atoms with Gasteiger partial charge in [0.05, 0.1) is 12.1 Å². The summed E-state index contributed by atoms with van der Waals surface area (Å²) in [5.74, 6) is -0.183. The summed E-state index contributed by atoms with van der Waals surface area (Å²) < 4.78 is 0. The molecule has 5 heteroatoms. The van der Waals surface area contributed by atoms with E-state index in [2.05, 4.69) is 48.6 Å². The minimum atomic E-state index is -0.565. The number of nitrogens with two attached hydrogens (primary N) is 1. The number of carbonyl (C=O) groups is 2. The number of hydrogen-bond acceptors (Lipinski definition) is 3. The molecule has 0 radical (unpaired) electrons. The van der Waals surface area contributed by atoms with Crippen molar-refractivity contribution in [2.45, 2.75) is 58.7 Å². The fourth-order valence-electron chi connectivity index (χ4n) is 4.02. The Labute approximate surface area is 179 Å². The Morgan fingerprint density at radius 1 is 1.07 bits per heavy atom. The molecule has 1 heterocycles. The second-order valence-electron chi connectivity index (χ2n) is 8.63. The Balaban J connectivity index is 1.66. The fourth-order valence-corrected chi connectivity index (χ4v) is 4.02. The SMILES string of the molecule is Cc1ccccc1-c1ccc(C(C)NC(=O)C2CCCN2C(=O)C(N)C(C)C)cc1. The zero-order valence-electron chi connectivity index (χ0n) is 18.4. The van der Waals surface area contributed by atoms with Gasteiger partial charge in [-0.05, 0) is 54.9 Å². The van der Waals surface area contributed by atoms with Crippen LogP contribution in [0.4, 0.5) is 0 Å². The molecule has 5 nitrogen and oxygen atoms in total. The van der Waals surface area contributed by atoms with E-state index in [0.717, 1.165) is 17.5 Å². The lowest BCUT2D eigenvalue weighted by Gasteiger charge is -2.29. The summed E-state index contributed by atoms with van der Waals surface area (Å²) in [4.78, 5) is 27.3. The number of aryl methyl sites for hydroxylation is 1. The average molecular weight is 408 g/mol. The van der Waals surface area contributed by atoms with Crippen LogP contribution in [0.3, 0.4) is 0 Å². The summed E-state index contributed by atoms with van der Waals surface area (Å²) in [5, 5.41) is 3.09. The van der Waals surface area contributed by atoms with Gasteiger partial charge in [-0.15, -0.1) is 0 Å². The monoisotopic (exact) mass is 407 g/mol. The van der Waals surface area contributed by atoms with E-state index in [4.69, 9.17) is 5.73 Å². The maximum Gasteiger partial charge on any atom is 0.243 e. The van der Waals surface area contributed by atoms with E-state index in [1.807, 2.05) is 32.9 Å². The molecule has 2 aromatic rings. The first-order valence-electron chi connectivity index (χ1n) is 10.8. The number of carbonyl (C=O) groups excluding carboxylic acids is 2. The first kappa shape index (κ1) is 22.0. The molecule has 1 aliphatic rings. The summed E-state index contributed by atoms with van der Waals surface area (Å²) in [5.41, 5.74) is 10.7. The highest BCUT2D eigenvalue weighted by Crippen LogP contribution is 2.25. The summed E-state index contributed by atoms with van der Waals surface area (Å²) >= 11 is 0. The Bertz CT molecular complexity index is 892. The molecule has 0 aliphatic carbocycles. The molecule has 1 saturated heterocycles. The molecule has 30 heavy (non-hydrogen) atoms. The first-order chi connectivity index (χ1) is 14.3. The van der Waals surface area contributed by atoms with Crippen LogP contribution in [0.25, 0.3) is 11.1 Å². The quantitative estimate of drug-likeness (QED) is 0.764. The summed E-state index contributed by atoms with van der Waals surface area (Å²) in [6, 6.07) is 15.4. The van der Waals surface area contributed by atoms with Crippen molar-refractivity contribution in [3.8, 4) is 11.1 Å². The van der Waals surface area contributed by atoms with Crippen LogP contribution >= 0.6 is 0 Å². The van der Waals surface area contributed by atoms with Gasteiger partial charge in [0, 0.05) is 6.54 Å². The third-order valence-corrected chi connectivity index (χ3v) is 6.07. The Hall–Kier alpha value is -2.66. The van der Waals surface area contributed by atoms with Crippen molar-refractivity contribution < 1.29 is 9.59 Å². The Morgan fingerprint density at radius 2 is 1.73 bits per heavy atom. The molecule has 1 aliphatic heterocycles. The smallest absolute Gasteiger partial charge is 0.243 e. The molecule has 0 aromatic heterocycles. The molecule has 3 rings (SSSR count). The minimum absolute atomic E-state index is 0.0486. The Morgan fingerprint density at radius 3 is 2.37 bits per heavy atom. The summed E-state index contributed by atoms with van der Waals surface area (Å²) in [7, 11) is 0. The van der Waals surface area contributed by atoms with Crippen LogP contribution in [0.2, 0.25) is 0 Å². The van der Waals surface area contributed by atoms with Crippen molar-refractivity contribution in [1.29, 1.82) is 0 Å². The fraction of sp³-hybridized carbons (Fsp3) is 0.440. The molecule has 2 amide bonds. The van der Waals surface area contributed by atoms with Gasteiger partial charge in [0.15, 0.2) is 0 Å². The predicted octanol–water partition coefficient (Wildman–Crippen LogP) is 3.81. The molecule has 3 N–H and O–H groups in total. The lowest BCUT2D eigenvalue weighted by atomic mass is 9.98. The average Bonchev–Trinajstić information content (AvgIpc) is 3.23. The van der Waals surface area contributed by atoms with Crippen molar-refractivity contribution in [3.05, 3.63) is 59.7 Å². The second-order valence-corrected chi connectivity index (χ2v) is 8.63. The van der Waals surface area contributed by atoms with Gasteiger partial charge < -0.3 is 16.0 Å². The largest absolute Gasteiger partial charge is 0.348 e. The van der Waals surface area contributed by atoms with Crippen molar-refractivity contribution in [3.63, 3.8) is 0 Å². The summed E-state index contributed by atoms with van der Waals surface area (Å²) in [6.07, 6.45) is 1.51. The maximum atomic E-state index is 12.9. The van der Waals surface area contributed by atoms with Gasteiger partial charge in [-0.25, -0.2) is 0 Å². The number of likely N-dealkylation sites (tertiary alicyclic amines) is 1. The number of benzene rings is 2. The third-order valence-electron chi connectivity index (χ3n) is 6.07. The number of hydrogen-bond donors (Lipinski definition) is 2. The highest BCUT2D eigenvalue weighted by atomic mass is 16.2. The molecular weight excluding hydrogens is 374 g/mol. The third kappa shape index (κ3) is 4.73. The second kappa shape index (κ2) is 9.43.